The van der Waals surface area contributed by atoms with Crippen LogP contribution in [0.2, 0.25) is 0 Å². The van der Waals surface area contributed by atoms with Crippen LogP contribution >= 0.6 is 59.1 Å². The number of benzene rings is 2. The van der Waals surface area contributed by atoms with E-state index in [0.29, 0.717) is 4.83 Å². The molecule has 0 saturated carbocycles. The molecule has 0 aliphatic heterocycles. The Morgan fingerprint density at radius 1 is 0.950 bits per heavy atom. The van der Waals surface area contributed by atoms with Crippen molar-refractivity contribution in [3.8, 4) is 0 Å². The molecule has 1 aromatic heterocycles. The van der Waals surface area contributed by atoms with Crippen LogP contribution in [-0.4, -0.2) is 0 Å². The molecular weight excluding hydrogens is 464 g/mol. The van der Waals surface area contributed by atoms with Crippen LogP contribution in [0.15, 0.2) is 56.1 Å². The highest BCUT2D eigenvalue weighted by molar-refractivity contribution is 9.12. The first-order valence-corrected chi connectivity index (χ1v) is 9.52. The van der Waals surface area contributed by atoms with Gasteiger partial charge in [-0.1, -0.05) is 58.4 Å². The molecular formula is C16H11Br3S. The minimum Gasteiger partial charge on any atom is -0.121 e. The van der Waals surface area contributed by atoms with Crippen molar-refractivity contribution >= 4 is 69.9 Å². The Bertz CT molecular complexity index is 748. The number of rotatable bonds is 3. The summed E-state index contributed by atoms with van der Waals surface area (Å²) in [5, 5.41) is 2.59. The van der Waals surface area contributed by atoms with E-state index >= 15 is 0 Å². The summed E-state index contributed by atoms with van der Waals surface area (Å²) in [7, 11) is 0. The van der Waals surface area contributed by atoms with Crippen LogP contribution in [0, 0.1) is 0 Å². The first-order valence-electron chi connectivity index (χ1n) is 6.20. The van der Waals surface area contributed by atoms with Crippen molar-refractivity contribution in [2.45, 2.75) is 11.2 Å². The van der Waals surface area contributed by atoms with Gasteiger partial charge in [-0.05, 0) is 66.2 Å². The molecule has 102 valence electrons. The SMILES string of the molecule is Brc1cc(C(Br)Cc2ccc3ccccc3c2)c(Br)s1. The van der Waals surface area contributed by atoms with E-state index in [2.05, 4.69) is 96.3 Å². The van der Waals surface area contributed by atoms with Crippen LogP contribution < -0.4 is 0 Å². The van der Waals surface area contributed by atoms with Gasteiger partial charge in [0.2, 0.25) is 0 Å². The van der Waals surface area contributed by atoms with Gasteiger partial charge in [0.25, 0.3) is 0 Å². The molecule has 0 aliphatic carbocycles. The second kappa shape index (κ2) is 6.30. The smallest absolute Gasteiger partial charge is 0.0753 e. The molecule has 0 amide bonds. The second-order valence-electron chi connectivity index (χ2n) is 4.63. The molecule has 0 N–H and O–H groups in total. The normalized spacial score (nSPS) is 12.8. The molecule has 2 aromatic carbocycles. The third-order valence-corrected chi connectivity index (χ3v) is 6.45. The summed E-state index contributed by atoms with van der Waals surface area (Å²) in [5.41, 5.74) is 2.65. The average Bonchev–Trinajstić information content (AvgIpc) is 2.78. The van der Waals surface area contributed by atoms with Gasteiger partial charge in [-0.25, -0.2) is 0 Å². The number of hydrogen-bond donors (Lipinski definition) is 0. The van der Waals surface area contributed by atoms with Crippen LogP contribution in [0.4, 0.5) is 0 Å². The predicted molar refractivity (Wildman–Crippen MR) is 99.0 cm³/mol. The molecule has 0 saturated heterocycles. The fourth-order valence-corrected chi connectivity index (χ4v) is 6.42. The van der Waals surface area contributed by atoms with Crippen LogP contribution in [0.25, 0.3) is 10.8 Å². The summed E-state index contributed by atoms with van der Waals surface area (Å²) < 4.78 is 2.34. The summed E-state index contributed by atoms with van der Waals surface area (Å²) in [4.78, 5) is 0.320. The Morgan fingerprint density at radius 2 is 1.70 bits per heavy atom. The zero-order valence-electron chi connectivity index (χ0n) is 10.4. The Balaban J connectivity index is 1.87. The summed E-state index contributed by atoms with van der Waals surface area (Å²) in [6.45, 7) is 0. The minimum absolute atomic E-state index is 0.320. The van der Waals surface area contributed by atoms with E-state index < -0.39 is 0 Å². The number of alkyl halides is 1. The Morgan fingerprint density at radius 3 is 2.40 bits per heavy atom. The second-order valence-corrected chi connectivity index (χ2v) is 9.49. The third kappa shape index (κ3) is 3.19. The monoisotopic (exact) mass is 472 g/mol. The quantitative estimate of drug-likeness (QED) is 0.355. The highest BCUT2D eigenvalue weighted by Crippen LogP contribution is 2.40. The van der Waals surface area contributed by atoms with E-state index in [1.807, 2.05) is 0 Å². The lowest BCUT2D eigenvalue weighted by molar-refractivity contribution is 0.952. The molecule has 0 nitrogen and oxygen atoms in total. The summed E-state index contributed by atoms with van der Waals surface area (Å²) in [6, 6.07) is 17.3. The standard InChI is InChI=1S/C16H11Br3S/c17-14(13-9-15(18)20-16(13)19)8-10-5-6-11-3-1-2-4-12(11)7-10/h1-7,9,14H,8H2. The molecule has 0 fully saturated rings. The molecule has 4 heteroatoms. The van der Waals surface area contributed by atoms with Crippen molar-refractivity contribution in [1.29, 1.82) is 0 Å². The highest BCUT2D eigenvalue weighted by atomic mass is 79.9. The summed E-state index contributed by atoms with van der Waals surface area (Å²) >= 11 is 12.7. The lowest BCUT2D eigenvalue weighted by Crippen LogP contribution is -1.94. The van der Waals surface area contributed by atoms with E-state index in [1.165, 1.54) is 25.7 Å². The van der Waals surface area contributed by atoms with E-state index in [-0.39, 0.29) is 0 Å². The lowest BCUT2D eigenvalue weighted by Gasteiger charge is -2.10. The number of halogens is 3. The minimum atomic E-state index is 0.320. The maximum absolute atomic E-state index is 3.81. The van der Waals surface area contributed by atoms with Crippen molar-refractivity contribution in [3.63, 3.8) is 0 Å². The molecule has 0 spiro atoms. The molecule has 0 aliphatic rings. The van der Waals surface area contributed by atoms with Crippen molar-refractivity contribution in [2.75, 3.05) is 0 Å². The number of fused-ring (bicyclic) bond motifs is 1. The summed E-state index contributed by atoms with van der Waals surface area (Å²) in [6.07, 6.45) is 0.979. The Labute approximate surface area is 147 Å². The molecule has 1 atom stereocenters. The highest BCUT2D eigenvalue weighted by Gasteiger charge is 2.15. The first kappa shape index (κ1) is 14.8. The third-order valence-electron chi connectivity index (χ3n) is 3.25. The number of hydrogen-bond acceptors (Lipinski definition) is 1. The number of thiophene rings is 1. The van der Waals surface area contributed by atoms with Crippen molar-refractivity contribution in [1.82, 2.24) is 0 Å². The molecule has 1 unspecified atom stereocenters. The van der Waals surface area contributed by atoms with Gasteiger partial charge in [0, 0.05) is 4.83 Å². The fraction of sp³-hybridized carbons (Fsp3) is 0.125. The zero-order chi connectivity index (χ0) is 14.1. The van der Waals surface area contributed by atoms with Gasteiger partial charge in [-0.3, -0.25) is 0 Å². The van der Waals surface area contributed by atoms with Gasteiger partial charge in [0.15, 0.2) is 0 Å². The Hall–Kier alpha value is -0.160. The largest absolute Gasteiger partial charge is 0.121 e. The molecule has 1 heterocycles. The van der Waals surface area contributed by atoms with E-state index in [4.69, 9.17) is 0 Å². The zero-order valence-corrected chi connectivity index (χ0v) is 16.0. The van der Waals surface area contributed by atoms with Crippen LogP contribution in [0.1, 0.15) is 16.0 Å². The average molecular weight is 475 g/mol. The van der Waals surface area contributed by atoms with E-state index in [1.54, 1.807) is 11.3 Å². The van der Waals surface area contributed by atoms with Crippen molar-refractivity contribution in [3.05, 3.63) is 67.2 Å². The predicted octanol–water partition coefficient (Wildman–Crippen LogP) is 7.11. The lowest BCUT2D eigenvalue weighted by atomic mass is 10.0. The molecule has 0 bridgehead atoms. The van der Waals surface area contributed by atoms with Crippen molar-refractivity contribution in [2.24, 2.45) is 0 Å². The van der Waals surface area contributed by atoms with E-state index in [9.17, 15) is 0 Å². The Kier molecular flexibility index (Phi) is 4.65. The molecule has 20 heavy (non-hydrogen) atoms. The van der Waals surface area contributed by atoms with Gasteiger partial charge < -0.3 is 0 Å². The first-order chi connectivity index (χ1) is 9.63. The van der Waals surface area contributed by atoms with Gasteiger partial charge in [-0.15, -0.1) is 11.3 Å². The van der Waals surface area contributed by atoms with E-state index in [0.717, 1.165) is 10.2 Å². The molecule has 3 rings (SSSR count). The van der Waals surface area contributed by atoms with Gasteiger partial charge in [0.05, 0.1) is 7.57 Å². The van der Waals surface area contributed by atoms with Crippen LogP contribution in [0.3, 0.4) is 0 Å². The van der Waals surface area contributed by atoms with Gasteiger partial charge in [0.1, 0.15) is 0 Å². The van der Waals surface area contributed by atoms with Crippen molar-refractivity contribution < 1.29 is 0 Å². The molecule has 3 aromatic rings. The topological polar surface area (TPSA) is 0 Å². The van der Waals surface area contributed by atoms with Crippen LogP contribution in [-0.2, 0) is 6.42 Å². The van der Waals surface area contributed by atoms with Gasteiger partial charge >= 0.3 is 0 Å². The maximum Gasteiger partial charge on any atom is 0.0753 e. The molecule has 0 radical (unpaired) electrons. The van der Waals surface area contributed by atoms with Crippen LogP contribution in [0.5, 0.6) is 0 Å². The summed E-state index contributed by atoms with van der Waals surface area (Å²) in [5.74, 6) is 0. The fourth-order valence-electron chi connectivity index (χ4n) is 2.25. The van der Waals surface area contributed by atoms with Gasteiger partial charge in [-0.2, -0.15) is 0 Å². The maximum atomic E-state index is 3.81.